The van der Waals surface area contributed by atoms with E-state index in [1.807, 2.05) is 0 Å². The molecule has 4 heteroatoms. The highest BCUT2D eigenvalue weighted by Gasteiger charge is 2.29. The van der Waals surface area contributed by atoms with Crippen molar-refractivity contribution in [3.63, 3.8) is 0 Å². The average molecular weight is 178 g/mol. The predicted octanol–water partition coefficient (Wildman–Crippen LogP) is 1.46. The molecule has 0 aliphatic carbocycles. The molecule has 0 saturated carbocycles. The summed E-state index contributed by atoms with van der Waals surface area (Å²) in [5.74, 6) is 0. The van der Waals surface area contributed by atoms with Gasteiger partial charge in [-0.2, -0.15) is 0 Å². The topological polar surface area (TPSA) is 46.5 Å². The molecule has 1 rings (SSSR count). The van der Waals surface area contributed by atoms with Crippen LogP contribution < -0.4 is 0 Å². The van der Waals surface area contributed by atoms with Crippen molar-refractivity contribution in [3.05, 3.63) is 0 Å². The molecule has 1 fully saturated rings. The minimum atomic E-state index is -2.30. The molecule has 1 heterocycles. The van der Waals surface area contributed by atoms with Gasteiger partial charge in [-0.25, -0.2) is 0 Å². The van der Waals surface area contributed by atoms with E-state index in [2.05, 4.69) is 0 Å². The second-order valence-corrected chi connectivity index (χ2v) is 5.80. The van der Waals surface area contributed by atoms with Gasteiger partial charge in [-0.3, -0.25) is 4.57 Å². The zero-order valence-electron chi connectivity index (χ0n) is 6.82. The van der Waals surface area contributed by atoms with Crippen molar-refractivity contribution in [1.82, 2.24) is 0 Å². The first-order chi connectivity index (χ1) is 5.16. The van der Waals surface area contributed by atoms with Crippen molar-refractivity contribution in [2.24, 2.45) is 0 Å². The third-order valence-electron chi connectivity index (χ3n) is 1.88. The molecule has 1 atom stereocenters. The van der Waals surface area contributed by atoms with Gasteiger partial charge in [0.15, 0.2) is 0 Å². The number of aliphatic hydroxyl groups is 1. The summed E-state index contributed by atoms with van der Waals surface area (Å²) in [5.41, 5.74) is 0. The van der Waals surface area contributed by atoms with Gasteiger partial charge in [-0.1, -0.05) is 0 Å². The second kappa shape index (κ2) is 3.70. The van der Waals surface area contributed by atoms with Crippen LogP contribution in [0.25, 0.3) is 0 Å². The normalized spacial score (nSPS) is 25.3. The van der Waals surface area contributed by atoms with Crippen LogP contribution in [0.4, 0.5) is 0 Å². The Morgan fingerprint density at radius 2 is 2.09 bits per heavy atom. The molecular formula is C7H15O3P. The van der Waals surface area contributed by atoms with Crippen molar-refractivity contribution >= 4 is 7.37 Å². The lowest BCUT2D eigenvalue weighted by molar-refractivity contribution is 0.133. The third kappa shape index (κ3) is 2.58. The van der Waals surface area contributed by atoms with E-state index in [0.717, 1.165) is 12.8 Å². The quantitative estimate of drug-likeness (QED) is 0.665. The van der Waals surface area contributed by atoms with E-state index in [1.165, 1.54) is 0 Å². The fourth-order valence-electron chi connectivity index (χ4n) is 1.28. The Labute approximate surface area is 67.2 Å². The zero-order valence-corrected chi connectivity index (χ0v) is 7.72. The summed E-state index contributed by atoms with van der Waals surface area (Å²) >= 11 is 0. The maximum absolute atomic E-state index is 11.6. The Hall–Kier alpha value is 0.150. The van der Waals surface area contributed by atoms with E-state index >= 15 is 0 Å². The number of hydrogen-bond acceptors (Lipinski definition) is 3. The second-order valence-electron chi connectivity index (χ2n) is 3.07. The van der Waals surface area contributed by atoms with E-state index in [-0.39, 0.29) is 12.7 Å². The standard InChI is InChI=1S/C7H15O3P/c1-7(6-8)10-11(9)4-2-3-5-11/h7-8H,2-6H2,1H3. The molecule has 11 heavy (non-hydrogen) atoms. The van der Waals surface area contributed by atoms with Gasteiger partial charge in [0.05, 0.1) is 12.7 Å². The largest absolute Gasteiger partial charge is 0.394 e. The lowest BCUT2D eigenvalue weighted by Crippen LogP contribution is -2.11. The Kier molecular flexibility index (Phi) is 3.11. The molecule has 0 bridgehead atoms. The van der Waals surface area contributed by atoms with Crippen LogP contribution in [0, 0.1) is 0 Å². The minimum absolute atomic E-state index is 0.0377. The van der Waals surface area contributed by atoms with Crippen LogP contribution in [-0.4, -0.2) is 30.1 Å². The van der Waals surface area contributed by atoms with Crippen LogP contribution in [0.5, 0.6) is 0 Å². The van der Waals surface area contributed by atoms with Crippen molar-refractivity contribution in [3.8, 4) is 0 Å². The van der Waals surface area contributed by atoms with E-state index in [9.17, 15) is 4.57 Å². The number of aliphatic hydroxyl groups excluding tert-OH is 1. The SMILES string of the molecule is CC(CO)OP1(=O)CCCC1. The molecule has 1 unspecified atom stereocenters. The maximum atomic E-state index is 11.6. The fraction of sp³-hybridized carbons (Fsp3) is 1.00. The van der Waals surface area contributed by atoms with E-state index < -0.39 is 7.37 Å². The van der Waals surface area contributed by atoms with Crippen LogP contribution in [0.2, 0.25) is 0 Å². The Bertz CT molecular complexity index is 159. The van der Waals surface area contributed by atoms with E-state index in [1.54, 1.807) is 6.92 Å². The Morgan fingerprint density at radius 1 is 1.55 bits per heavy atom. The van der Waals surface area contributed by atoms with Crippen LogP contribution in [-0.2, 0) is 9.09 Å². The van der Waals surface area contributed by atoms with Gasteiger partial charge >= 0.3 is 0 Å². The van der Waals surface area contributed by atoms with Gasteiger partial charge in [0.1, 0.15) is 0 Å². The van der Waals surface area contributed by atoms with Crippen molar-refractivity contribution in [1.29, 1.82) is 0 Å². The van der Waals surface area contributed by atoms with Crippen molar-refractivity contribution < 1.29 is 14.2 Å². The molecule has 0 aromatic rings. The fourth-order valence-corrected chi connectivity index (χ4v) is 3.85. The highest BCUT2D eigenvalue weighted by Crippen LogP contribution is 2.53. The van der Waals surface area contributed by atoms with Gasteiger partial charge in [0.25, 0.3) is 0 Å². The zero-order chi connectivity index (χ0) is 8.32. The molecule has 3 nitrogen and oxygen atoms in total. The molecule has 0 aromatic heterocycles. The van der Waals surface area contributed by atoms with Crippen LogP contribution in [0.3, 0.4) is 0 Å². The van der Waals surface area contributed by atoms with Crippen LogP contribution >= 0.6 is 7.37 Å². The summed E-state index contributed by atoms with van der Waals surface area (Å²) in [7, 11) is -2.30. The molecule has 1 aliphatic heterocycles. The molecular weight excluding hydrogens is 163 g/mol. The smallest absolute Gasteiger partial charge is 0.203 e. The summed E-state index contributed by atoms with van der Waals surface area (Å²) in [6, 6.07) is 0. The summed E-state index contributed by atoms with van der Waals surface area (Å²) < 4.78 is 16.9. The van der Waals surface area contributed by atoms with Gasteiger partial charge in [0.2, 0.25) is 7.37 Å². The van der Waals surface area contributed by atoms with Crippen LogP contribution in [0.1, 0.15) is 19.8 Å². The third-order valence-corrected chi connectivity index (χ3v) is 4.62. The molecule has 0 aromatic carbocycles. The summed E-state index contributed by atoms with van der Waals surface area (Å²) in [6.45, 7) is 1.71. The first-order valence-corrected chi connectivity index (χ1v) is 6.03. The molecule has 1 aliphatic rings. The first-order valence-electron chi connectivity index (χ1n) is 4.04. The Morgan fingerprint density at radius 3 is 2.55 bits per heavy atom. The molecule has 1 saturated heterocycles. The van der Waals surface area contributed by atoms with Gasteiger partial charge in [-0.15, -0.1) is 0 Å². The first kappa shape index (κ1) is 9.24. The predicted molar refractivity (Wildman–Crippen MR) is 44.2 cm³/mol. The minimum Gasteiger partial charge on any atom is -0.394 e. The lowest BCUT2D eigenvalue weighted by atomic mass is 10.4. The van der Waals surface area contributed by atoms with Gasteiger partial charge < -0.3 is 9.63 Å². The molecule has 0 amide bonds. The number of rotatable bonds is 3. The lowest BCUT2D eigenvalue weighted by Gasteiger charge is -2.16. The summed E-state index contributed by atoms with van der Waals surface area (Å²) in [5, 5.41) is 8.66. The van der Waals surface area contributed by atoms with Crippen molar-refractivity contribution in [2.75, 3.05) is 18.9 Å². The van der Waals surface area contributed by atoms with E-state index in [4.69, 9.17) is 9.63 Å². The molecule has 1 N–H and O–H groups in total. The summed E-state index contributed by atoms with van der Waals surface area (Å²) in [4.78, 5) is 0. The molecule has 0 radical (unpaired) electrons. The van der Waals surface area contributed by atoms with Gasteiger partial charge in [-0.05, 0) is 19.8 Å². The van der Waals surface area contributed by atoms with Crippen LogP contribution in [0.15, 0.2) is 0 Å². The molecule has 66 valence electrons. The highest BCUT2D eigenvalue weighted by atomic mass is 31.2. The van der Waals surface area contributed by atoms with E-state index in [0.29, 0.717) is 12.3 Å². The summed E-state index contributed by atoms with van der Waals surface area (Å²) in [6.07, 6.45) is 3.17. The molecule has 0 spiro atoms. The average Bonchev–Trinajstić information content (AvgIpc) is 2.36. The maximum Gasteiger partial charge on any atom is 0.203 e. The Balaban J connectivity index is 2.40. The number of hydrogen-bond donors (Lipinski definition) is 1. The van der Waals surface area contributed by atoms with Crippen molar-refractivity contribution in [2.45, 2.75) is 25.9 Å². The monoisotopic (exact) mass is 178 g/mol. The van der Waals surface area contributed by atoms with Gasteiger partial charge in [0, 0.05) is 12.3 Å². The highest BCUT2D eigenvalue weighted by molar-refractivity contribution is 7.59.